The lowest BCUT2D eigenvalue weighted by atomic mass is 10.0. The van der Waals surface area contributed by atoms with E-state index in [0.29, 0.717) is 33.7 Å². The first-order chi connectivity index (χ1) is 12.6. The number of halogens is 1. The summed E-state index contributed by atoms with van der Waals surface area (Å²) in [6.07, 6.45) is 0. The molecule has 1 aromatic heterocycles. The van der Waals surface area contributed by atoms with Gasteiger partial charge in [0.1, 0.15) is 17.2 Å². The van der Waals surface area contributed by atoms with Crippen molar-refractivity contribution >= 4 is 22.3 Å². The largest absolute Gasteiger partial charge is 0.460 e. The van der Waals surface area contributed by atoms with Crippen molar-refractivity contribution in [2.45, 2.75) is 6.92 Å². The number of hydrogen-bond donors (Lipinski definition) is 1. The second kappa shape index (κ2) is 6.48. The minimum absolute atomic E-state index is 0.0765. The van der Waals surface area contributed by atoms with Crippen molar-refractivity contribution in [3.8, 4) is 11.1 Å². The van der Waals surface area contributed by atoms with Gasteiger partial charge in [-0.1, -0.05) is 42.5 Å². The maximum atomic E-state index is 13.8. The van der Waals surface area contributed by atoms with E-state index >= 15 is 0 Å². The zero-order valence-electron chi connectivity index (χ0n) is 14.1. The number of benzene rings is 3. The molecule has 0 saturated carbocycles. The van der Waals surface area contributed by atoms with E-state index in [4.69, 9.17) is 4.42 Å². The topological polar surface area (TPSA) is 42.2 Å². The highest BCUT2D eigenvalue weighted by Gasteiger charge is 2.14. The first-order valence-electron chi connectivity index (χ1n) is 8.28. The van der Waals surface area contributed by atoms with E-state index in [-0.39, 0.29) is 11.2 Å². The summed E-state index contributed by atoms with van der Waals surface area (Å²) in [5.41, 5.74) is 2.80. The fourth-order valence-corrected chi connectivity index (χ4v) is 3.04. The molecule has 0 aliphatic rings. The van der Waals surface area contributed by atoms with Gasteiger partial charge in [-0.25, -0.2) is 4.39 Å². The molecule has 1 N–H and O–H groups in total. The average molecular weight is 345 g/mol. The van der Waals surface area contributed by atoms with Gasteiger partial charge in [0.05, 0.1) is 16.6 Å². The molecule has 1 heterocycles. The lowest BCUT2D eigenvalue weighted by molar-refractivity contribution is 0.567. The van der Waals surface area contributed by atoms with Crippen LogP contribution in [0.4, 0.5) is 15.8 Å². The van der Waals surface area contributed by atoms with E-state index in [0.717, 1.165) is 5.56 Å². The van der Waals surface area contributed by atoms with Gasteiger partial charge in [0.25, 0.3) is 0 Å². The average Bonchev–Trinajstić information content (AvgIpc) is 2.64. The van der Waals surface area contributed by atoms with Crippen molar-refractivity contribution in [3.63, 3.8) is 0 Å². The molecule has 4 aromatic rings. The molecule has 3 aromatic carbocycles. The second-order valence-electron chi connectivity index (χ2n) is 6.04. The summed E-state index contributed by atoms with van der Waals surface area (Å²) in [4.78, 5) is 12.9. The van der Waals surface area contributed by atoms with Crippen molar-refractivity contribution < 1.29 is 8.81 Å². The summed E-state index contributed by atoms with van der Waals surface area (Å²) in [7, 11) is 0. The maximum absolute atomic E-state index is 13.8. The van der Waals surface area contributed by atoms with Gasteiger partial charge in [0, 0.05) is 11.8 Å². The number of aryl methyl sites for hydroxylation is 1. The minimum atomic E-state index is -0.343. The highest BCUT2D eigenvalue weighted by atomic mass is 19.1. The van der Waals surface area contributed by atoms with Crippen molar-refractivity contribution in [2.24, 2.45) is 0 Å². The maximum Gasteiger partial charge on any atom is 0.200 e. The summed E-state index contributed by atoms with van der Waals surface area (Å²) < 4.78 is 19.7. The number of fused-ring (bicyclic) bond motifs is 1. The predicted octanol–water partition coefficient (Wildman–Crippen LogP) is 5.65. The first kappa shape index (κ1) is 16.1. The molecule has 0 aliphatic carbocycles. The van der Waals surface area contributed by atoms with Crippen molar-refractivity contribution in [1.29, 1.82) is 0 Å². The normalized spacial score (nSPS) is 10.8. The number of anilines is 2. The summed E-state index contributed by atoms with van der Waals surface area (Å²) in [6.45, 7) is 1.78. The van der Waals surface area contributed by atoms with Crippen molar-refractivity contribution in [1.82, 2.24) is 0 Å². The Labute approximate surface area is 149 Å². The van der Waals surface area contributed by atoms with Crippen LogP contribution in [0, 0.1) is 12.7 Å². The van der Waals surface area contributed by atoms with Crippen LogP contribution in [-0.2, 0) is 0 Å². The van der Waals surface area contributed by atoms with Crippen LogP contribution in [0.3, 0.4) is 0 Å². The van der Waals surface area contributed by atoms with Crippen LogP contribution in [0.25, 0.3) is 22.1 Å². The summed E-state index contributed by atoms with van der Waals surface area (Å²) >= 11 is 0. The van der Waals surface area contributed by atoms with Crippen LogP contribution in [-0.4, -0.2) is 0 Å². The number of nitrogens with one attached hydrogen (secondary N) is 1. The molecule has 0 aliphatic heterocycles. The molecule has 0 amide bonds. The summed E-state index contributed by atoms with van der Waals surface area (Å²) in [6, 6.07) is 21.0. The number of hydrogen-bond acceptors (Lipinski definition) is 3. The molecule has 3 nitrogen and oxygen atoms in total. The van der Waals surface area contributed by atoms with Crippen LogP contribution in [0.5, 0.6) is 0 Å². The standard InChI is InChI=1S/C22H16FNO2/c1-14-21(15-7-3-2-4-8-15)22(25)17-12-11-16(13-20(17)26-14)24-19-10-6-5-9-18(19)23/h2-13,24H,1H3. The fourth-order valence-electron chi connectivity index (χ4n) is 3.04. The third-order valence-electron chi connectivity index (χ3n) is 4.28. The molecule has 26 heavy (non-hydrogen) atoms. The molecule has 0 atom stereocenters. The lowest BCUT2D eigenvalue weighted by Gasteiger charge is -2.10. The highest BCUT2D eigenvalue weighted by molar-refractivity contribution is 5.86. The zero-order valence-corrected chi connectivity index (χ0v) is 14.1. The number of para-hydroxylation sites is 1. The molecule has 0 fully saturated rings. The zero-order chi connectivity index (χ0) is 18.1. The molecule has 0 spiro atoms. The van der Waals surface area contributed by atoms with E-state index in [1.165, 1.54) is 6.07 Å². The van der Waals surface area contributed by atoms with Gasteiger partial charge in [-0.2, -0.15) is 0 Å². The van der Waals surface area contributed by atoms with Crippen LogP contribution in [0.2, 0.25) is 0 Å². The Bertz CT molecular complexity index is 1150. The lowest BCUT2D eigenvalue weighted by Crippen LogP contribution is -2.07. The molecule has 0 unspecified atom stereocenters. The van der Waals surface area contributed by atoms with Gasteiger partial charge >= 0.3 is 0 Å². The Kier molecular flexibility index (Phi) is 4.01. The molecule has 4 rings (SSSR count). The van der Waals surface area contributed by atoms with Crippen LogP contribution >= 0.6 is 0 Å². The summed E-state index contributed by atoms with van der Waals surface area (Å²) in [5, 5.41) is 3.51. The Morgan fingerprint density at radius 1 is 0.923 bits per heavy atom. The monoisotopic (exact) mass is 345 g/mol. The second-order valence-corrected chi connectivity index (χ2v) is 6.04. The third-order valence-corrected chi connectivity index (χ3v) is 4.28. The Morgan fingerprint density at radius 2 is 1.65 bits per heavy atom. The van der Waals surface area contributed by atoms with Gasteiger partial charge < -0.3 is 9.73 Å². The van der Waals surface area contributed by atoms with E-state index in [2.05, 4.69) is 5.32 Å². The third kappa shape index (κ3) is 2.86. The SMILES string of the molecule is Cc1oc2cc(Nc3ccccc3F)ccc2c(=O)c1-c1ccccc1. The highest BCUT2D eigenvalue weighted by Crippen LogP contribution is 2.27. The van der Waals surface area contributed by atoms with Crippen LogP contribution < -0.4 is 10.7 Å². The molecule has 4 heteroatoms. The van der Waals surface area contributed by atoms with Gasteiger partial charge in [0.2, 0.25) is 5.43 Å². The van der Waals surface area contributed by atoms with Crippen LogP contribution in [0.1, 0.15) is 5.76 Å². The van der Waals surface area contributed by atoms with Gasteiger partial charge in [-0.05, 0) is 36.8 Å². The molecular formula is C22H16FNO2. The Hall–Kier alpha value is -3.40. The minimum Gasteiger partial charge on any atom is -0.460 e. The Morgan fingerprint density at radius 3 is 2.42 bits per heavy atom. The number of rotatable bonds is 3. The predicted molar refractivity (Wildman–Crippen MR) is 102 cm³/mol. The molecular weight excluding hydrogens is 329 g/mol. The van der Waals surface area contributed by atoms with Gasteiger partial charge in [0.15, 0.2) is 0 Å². The molecule has 0 saturated heterocycles. The molecule has 128 valence electrons. The summed E-state index contributed by atoms with van der Waals surface area (Å²) in [5.74, 6) is 0.210. The van der Waals surface area contributed by atoms with Crippen molar-refractivity contribution in [3.05, 3.63) is 94.6 Å². The smallest absolute Gasteiger partial charge is 0.200 e. The van der Waals surface area contributed by atoms with Gasteiger partial charge in [-0.3, -0.25) is 4.79 Å². The quantitative estimate of drug-likeness (QED) is 0.521. The molecule has 0 radical (unpaired) electrons. The first-order valence-corrected chi connectivity index (χ1v) is 8.28. The van der Waals surface area contributed by atoms with E-state index in [1.54, 1.807) is 43.3 Å². The van der Waals surface area contributed by atoms with Crippen LogP contribution in [0.15, 0.2) is 82.0 Å². The Balaban J connectivity index is 1.81. The van der Waals surface area contributed by atoms with E-state index in [9.17, 15) is 9.18 Å². The van der Waals surface area contributed by atoms with E-state index in [1.807, 2.05) is 30.3 Å². The van der Waals surface area contributed by atoms with Crippen molar-refractivity contribution in [2.75, 3.05) is 5.32 Å². The fraction of sp³-hybridized carbons (Fsp3) is 0.0455. The van der Waals surface area contributed by atoms with E-state index < -0.39 is 0 Å². The molecule has 0 bridgehead atoms. The van der Waals surface area contributed by atoms with Gasteiger partial charge in [-0.15, -0.1) is 0 Å².